The fourth-order valence-electron chi connectivity index (χ4n) is 3.42. The predicted molar refractivity (Wildman–Crippen MR) is 123 cm³/mol. The highest BCUT2D eigenvalue weighted by Gasteiger charge is 2.30. The molecule has 1 aliphatic rings. The Bertz CT molecular complexity index is 1180. The van der Waals surface area contributed by atoms with E-state index in [9.17, 15) is 13.2 Å². The van der Waals surface area contributed by atoms with Gasteiger partial charge in [0, 0.05) is 26.2 Å². The molecule has 1 aliphatic heterocycles. The van der Waals surface area contributed by atoms with E-state index in [-0.39, 0.29) is 29.6 Å². The molecule has 0 aliphatic carbocycles. The molecule has 4 rings (SSSR count). The van der Waals surface area contributed by atoms with Crippen molar-refractivity contribution >= 4 is 27.7 Å². The average Bonchev–Trinajstić information content (AvgIpc) is 3.31. The van der Waals surface area contributed by atoms with E-state index in [1.165, 1.54) is 16.1 Å². The molecule has 11 heteroatoms. The fourth-order valence-corrected chi connectivity index (χ4v) is 5.55. The van der Waals surface area contributed by atoms with Crippen molar-refractivity contribution in [1.82, 2.24) is 19.4 Å². The number of hydrogen-bond acceptors (Lipinski definition) is 8. The van der Waals surface area contributed by atoms with Crippen LogP contribution in [0, 0.1) is 0 Å². The summed E-state index contributed by atoms with van der Waals surface area (Å²) in [6.45, 7) is 1.22. The van der Waals surface area contributed by atoms with E-state index < -0.39 is 10.0 Å². The minimum Gasteiger partial charge on any atom is -0.497 e. The lowest BCUT2D eigenvalue weighted by Gasteiger charge is -2.33. The van der Waals surface area contributed by atoms with E-state index in [1.54, 1.807) is 42.3 Å². The predicted octanol–water partition coefficient (Wildman–Crippen LogP) is 2.29. The van der Waals surface area contributed by atoms with Gasteiger partial charge in [0.25, 0.3) is 5.22 Å². The summed E-state index contributed by atoms with van der Waals surface area (Å²) in [6, 6.07) is 15.9. The Hall–Kier alpha value is -2.89. The van der Waals surface area contributed by atoms with Crippen LogP contribution in [0.1, 0.15) is 11.5 Å². The third-order valence-corrected chi connectivity index (χ3v) is 7.97. The number of thioether (sulfide) groups is 1. The summed E-state index contributed by atoms with van der Waals surface area (Å²) in [7, 11) is -1.93. The summed E-state index contributed by atoms with van der Waals surface area (Å²) < 4.78 is 37.7. The number of ether oxygens (including phenoxy) is 1. The molecule has 1 amide bonds. The Labute approximate surface area is 196 Å². The highest BCUT2D eigenvalue weighted by molar-refractivity contribution is 7.99. The zero-order valence-electron chi connectivity index (χ0n) is 18.1. The molecule has 174 valence electrons. The molecule has 0 bridgehead atoms. The van der Waals surface area contributed by atoms with Crippen molar-refractivity contribution in [3.05, 3.63) is 66.1 Å². The van der Waals surface area contributed by atoms with E-state index in [1.807, 2.05) is 24.3 Å². The monoisotopic (exact) mass is 488 g/mol. The second-order valence-electron chi connectivity index (χ2n) is 7.37. The second kappa shape index (κ2) is 10.4. The van der Waals surface area contributed by atoms with Crippen molar-refractivity contribution in [3.63, 3.8) is 0 Å². The van der Waals surface area contributed by atoms with Crippen molar-refractivity contribution in [2.45, 2.75) is 16.5 Å². The maximum absolute atomic E-state index is 12.7. The van der Waals surface area contributed by atoms with Gasteiger partial charge < -0.3 is 14.1 Å². The lowest BCUT2D eigenvalue weighted by atomic mass is 10.1. The molecule has 3 aromatic rings. The number of carbonyl (C=O) groups is 1. The first-order chi connectivity index (χ1) is 16.0. The molecule has 2 aromatic carbocycles. The van der Waals surface area contributed by atoms with Crippen LogP contribution in [-0.4, -0.2) is 72.8 Å². The first kappa shape index (κ1) is 23.3. The van der Waals surface area contributed by atoms with Crippen molar-refractivity contribution in [2.75, 3.05) is 39.0 Å². The number of nitrogens with zero attached hydrogens (tertiary/aromatic N) is 4. The van der Waals surface area contributed by atoms with E-state index in [2.05, 4.69) is 10.2 Å². The van der Waals surface area contributed by atoms with Crippen LogP contribution in [0.5, 0.6) is 5.75 Å². The molecule has 33 heavy (non-hydrogen) atoms. The number of hydrogen-bond donors (Lipinski definition) is 0. The van der Waals surface area contributed by atoms with E-state index in [0.29, 0.717) is 30.6 Å². The van der Waals surface area contributed by atoms with Crippen molar-refractivity contribution in [2.24, 2.45) is 0 Å². The Morgan fingerprint density at radius 1 is 1.03 bits per heavy atom. The van der Waals surface area contributed by atoms with E-state index in [4.69, 9.17) is 9.15 Å². The Kier molecular flexibility index (Phi) is 7.31. The molecule has 1 aromatic heterocycles. The van der Waals surface area contributed by atoms with Crippen LogP contribution in [0.2, 0.25) is 0 Å². The normalized spacial score (nSPS) is 14.9. The number of methoxy groups -OCH3 is 1. The number of carbonyl (C=O) groups excluding carboxylic acids is 1. The first-order valence-electron chi connectivity index (χ1n) is 10.4. The molecule has 0 unspecified atom stereocenters. The molecular weight excluding hydrogens is 464 g/mol. The molecule has 1 fully saturated rings. The molecule has 9 nitrogen and oxygen atoms in total. The smallest absolute Gasteiger partial charge is 0.277 e. The van der Waals surface area contributed by atoms with Gasteiger partial charge in [-0.1, -0.05) is 42.1 Å². The number of benzene rings is 2. The van der Waals surface area contributed by atoms with Gasteiger partial charge in [-0.05, 0) is 29.8 Å². The van der Waals surface area contributed by atoms with Crippen LogP contribution >= 0.6 is 11.8 Å². The van der Waals surface area contributed by atoms with Gasteiger partial charge in [-0.2, -0.15) is 4.31 Å². The first-order valence-corrected chi connectivity index (χ1v) is 12.8. The summed E-state index contributed by atoms with van der Waals surface area (Å²) in [6.07, 6.45) is 0.489. The number of amides is 1. The van der Waals surface area contributed by atoms with E-state index in [0.717, 1.165) is 11.3 Å². The van der Waals surface area contributed by atoms with Crippen molar-refractivity contribution in [3.8, 4) is 5.75 Å². The molecule has 0 radical (unpaired) electrons. The average molecular weight is 489 g/mol. The minimum atomic E-state index is -3.54. The van der Waals surface area contributed by atoms with Crippen LogP contribution in [0.3, 0.4) is 0 Å². The SMILES string of the molecule is COc1ccc(Cc2nnc(SCC(=O)N3CCN(S(=O)(=O)c4ccccc4)CC3)o2)cc1. The Morgan fingerprint density at radius 3 is 2.39 bits per heavy atom. The van der Waals surface area contributed by atoms with Gasteiger partial charge in [-0.25, -0.2) is 8.42 Å². The quantitative estimate of drug-likeness (QED) is 0.445. The Morgan fingerprint density at radius 2 is 1.73 bits per heavy atom. The van der Waals surface area contributed by atoms with Gasteiger partial charge in [0.15, 0.2) is 0 Å². The van der Waals surface area contributed by atoms with Gasteiger partial charge in [-0.3, -0.25) is 4.79 Å². The zero-order valence-corrected chi connectivity index (χ0v) is 19.7. The molecule has 0 spiro atoms. The van der Waals surface area contributed by atoms with Gasteiger partial charge in [-0.15, -0.1) is 10.2 Å². The van der Waals surface area contributed by atoms with Crippen LogP contribution in [-0.2, 0) is 21.2 Å². The van der Waals surface area contributed by atoms with Gasteiger partial charge in [0.05, 0.1) is 24.2 Å². The highest BCUT2D eigenvalue weighted by atomic mass is 32.2. The maximum atomic E-state index is 12.7. The van der Waals surface area contributed by atoms with Gasteiger partial charge in [0.1, 0.15) is 5.75 Å². The molecule has 0 atom stereocenters. The van der Waals surface area contributed by atoms with Gasteiger partial charge in [0.2, 0.25) is 21.8 Å². The summed E-state index contributed by atoms with van der Waals surface area (Å²) in [5, 5.41) is 8.38. The third kappa shape index (κ3) is 5.73. The zero-order chi connectivity index (χ0) is 23.3. The minimum absolute atomic E-state index is 0.0911. The molecule has 1 saturated heterocycles. The lowest BCUT2D eigenvalue weighted by Crippen LogP contribution is -2.50. The molecular formula is C22H24N4O5S2. The summed E-state index contributed by atoms with van der Waals surface area (Å²) in [5.74, 6) is 1.30. The maximum Gasteiger partial charge on any atom is 0.277 e. The topological polar surface area (TPSA) is 106 Å². The summed E-state index contributed by atoms with van der Waals surface area (Å²) in [5.41, 5.74) is 1.01. The number of rotatable bonds is 8. The van der Waals surface area contributed by atoms with Crippen LogP contribution in [0.15, 0.2) is 69.1 Å². The Balaban J connectivity index is 1.25. The van der Waals surface area contributed by atoms with Gasteiger partial charge >= 0.3 is 0 Å². The van der Waals surface area contributed by atoms with Crippen molar-refractivity contribution < 1.29 is 22.4 Å². The lowest BCUT2D eigenvalue weighted by molar-refractivity contribution is -0.129. The van der Waals surface area contributed by atoms with Crippen molar-refractivity contribution in [1.29, 1.82) is 0 Å². The number of sulfonamides is 1. The second-order valence-corrected chi connectivity index (χ2v) is 10.2. The molecule has 0 saturated carbocycles. The van der Waals surface area contributed by atoms with E-state index >= 15 is 0 Å². The summed E-state index contributed by atoms with van der Waals surface area (Å²) >= 11 is 1.18. The number of piperazine rings is 1. The fraction of sp³-hybridized carbons (Fsp3) is 0.318. The highest BCUT2D eigenvalue weighted by Crippen LogP contribution is 2.21. The third-order valence-electron chi connectivity index (χ3n) is 5.25. The standard InChI is InChI=1S/C22H24N4O5S2/c1-30-18-9-7-17(8-10-18)15-20-23-24-22(31-20)32-16-21(27)25-11-13-26(14-12-25)33(28,29)19-5-3-2-4-6-19/h2-10H,11-16H2,1H3. The summed E-state index contributed by atoms with van der Waals surface area (Å²) in [4.78, 5) is 14.5. The number of aromatic nitrogens is 2. The van der Waals surface area contributed by atoms with Crippen LogP contribution < -0.4 is 4.74 Å². The molecule has 0 N–H and O–H groups in total. The van der Waals surface area contributed by atoms with Crippen LogP contribution in [0.25, 0.3) is 0 Å². The largest absolute Gasteiger partial charge is 0.497 e. The molecule has 2 heterocycles. The van der Waals surface area contributed by atoms with Crippen LogP contribution in [0.4, 0.5) is 0 Å².